The van der Waals surface area contributed by atoms with Crippen molar-refractivity contribution in [2.45, 2.75) is 45.3 Å². The molecule has 6 heteroatoms. The summed E-state index contributed by atoms with van der Waals surface area (Å²) in [6.07, 6.45) is 11.8. The van der Waals surface area contributed by atoms with Crippen molar-refractivity contribution < 1.29 is 5.11 Å². The number of pyridine rings is 1. The number of likely N-dealkylation sites (tertiary alicyclic amines) is 1. The molecule has 0 atom stereocenters. The van der Waals surface area contributed by atoms with E-state index in [-0.39, 0.29) is 11.2 Å². The minimum Gasteiger partial charge on any atom is -0.503 e. The Bertz CT molecular complexity index is 672. The molecular formula is C17H24N4O2. The van der Waals surface area contributed by atoms with Crippen molar-refractivity contribution in [2.75, 3.05) is 13.1 Å². The van der Waals surface area contributed by atoms with Gasteiger partial charge in [-0.2, -0.15) is 0 Å². The Morgan fingerprint density at radius 2 is 2.00 bits per heavy atom. The largest absolute Gasteiger partial charge is 0.503 e. The van der Waals surface area contributed by atoms with Crippen LogP contribution in [0.1, 0.15) is 31.4 Å². The van der Waals surface area contributed by atoms with Gasteiger partial charge < -0.3 is 14.2 Å². The molecule has 1 fully saturated rings. The fraction of sp³-hybridized carbons (Fsp3) is 0.529. The Labute approximate surface area is 136 Å². The molecule has 23 heavy (non-hydrogen) atoms. The van der Waals surface area contributed by atoms with Crippen LogP contribution in [0.3, 0.4) is 0 Å². The van der Waals surface area contributed by atoms with Crippen LogP contribution in [-0.2, 0) is 19.6 Å². The van der Waals surface area contributed by atoms with E-state index in [1.165, 1.54) is 19.3 Å². The predicted octanol–water partition coefficient (Wildman–Crippen LogP) is 1.83. The maximum Gasteiger partial charge on any atom is 0.223 e. The molecule has 2 aromatic heterocycles. The first-order valence-corrected chi connectivity index (χ1v) is 8.33. The molecule has 0 aliphatic carbocycles. The van der Waals surface area contributed by atoms with Crippen molar-refractivity contribution in [3.63, 3.8) is 0 Å². The van der Waals surface area contributed by atoms with Crippen LogP contribution in [0.5, 0.6) is 5.75 Å². The lowest BCUT2D eigenvalue weighted by Gasteiger charge is -2.27. The van der Waals surface area contributed by atoms with Gasteiger partial charge in [0.05, 0.1) is 12.5 Å². The fourth-order valence-electron chi connectivity index (χ4n) is 3.14. The molecule has 124 valence electrons. The van der Waals surface area contributed by atoms with E-state index >= 15 is 0 Å². The van der Waals surface area contributed by atoms with Crippen molar-refractivity contribution in [3.8, 4) is 5.75 Å². The normalized spacial score (nSPS) is 15.8. The molecule has 0 amide bonds. The second-order valence-corrected chi connectivity index (χ2v) is 6.20. The third kappa shape index (κ3) is 4.22. The summed E-state index contributed by atoms with van der Waals surface area (Å²) in [6.45, 7) is 4.60. The third-order valence-corrected chi connectivity index (χ3v) is 4.41. The van der Waals surface area contributed by atoms with Crippen LogP contribution in [-0.4, -0.2) is 37.2 Å². The molecule has 0 saturated carbocycles. The molecule has 0 bridgehead atoms. The molecule has 1 aliphatic rings. The molecule has 1 N–H and O–H groups in total. The van der Waals surface area contributed by atoms with Gasteiger partial charge in [-0.3, -0.25) is 9.69 Å². The third-order valence-electron chi connectivity index (χ3n) is 4.41. The number of rotatable bonds is 6. The van der Waals surface area contributed by atoms with Crippen LogP contribution < -0.4 is 5.43 Å². The molecule has 2 aromatic rings. The predicted molar refractivity (Wildman–Crippen MR) is 88.3 cm³/mol. The van der Waals surface area contributed by atoms with Crippen LogP contribution in [0, 0.1) is 0 Å². The minimum absolute atomic E-state index is 0.171. The zero-order valence-corrected chi connectivity index (χ0v) is 13.4. The van der Waals surface area contributed by atoms with Crippen molar-refractivity contribution in [3.05, 3.63) is 46.9 Å². The summed E-state index contributed by atoms with van der Waals surface area (Å²) >= 11 is 0. The smallest absolute Gasteiger partial charge is 0.223 e. The highest BCUT2D eigenvalue weighted by molar-refractivity contribution is 5.20. The van der Waals surface area contributed by atoms with Gasteiger partial charge in [0, 0.05) is 43.8 Å². The monoisotopic (exact) mass is 316 g/mol. The van der Waals surface area contributed by atoms with Gasteiger partial charge in [0.1, 0.15) is 0 Å². The van der Waals surface area contributed by atoms with E-state index in [4.69, 9.17) is 0 Å². The van der Waals surface area contributed by atoms with Crippen molar-refractivity contribution >= 4 is 0 Å². The highest BCUT2D eigenvalue weighted by Gasteiger charge is 2.13. The summed E-state index contributed by atoms with van der Waals surface area (Å²) in [5, 5.41) is 9.75. The number of aromatic hydroxyl groups is 1. The summed E-state index contributed by atoms with van der Waals surface area (Å²) in [5.41, 5.74) is 0.697. The number of hydrogen-bond acceptors (Lipinski definition) is 4. The highest BCUT2D eigenvalue weighted by Crippen LogP contribution is 2.14. The van der Waals surface area contributed by atoms with E-state index in [2.05, 4.69) is 9.88 Å². The summed E-state index contributed by atoms with van der Waals surface area (Å²) in [4.78, 5) is 18.2. The number of aromatic nitrogens is 3. The Hall–Kier alpha value is -2.08. The van der Waals surface area contributed by atoms with Crippen LogP contribution in [0.25, 0.3) is 0 Å². The lowest BCUT2D eigenvalue weighted by Crippen LogP contribution is -2.31. The second kappa shape index (κ2) is 7.46. The number of nitrogens with zero attached hydrogens (tertiary/aromatic N) is 4. The lowest BCUT2D eigenvalue weighted by atomic mass is 10.1. The minimum atomic E-state index is -0.289. The van der Waals surface area contributed by atoms with Crippen molar-refractivity contribution in [1.82, 2.24) is 19.0 Å². The van der Waals surface area contributed by atoms with Gasteiger partial charge in [-0.1, -0.05) is 6.42 Å². The number of imidazole rings is 1. The topological polar surface area (TPSA) is 63.3 Å². The van der Waals surface area contributed by atoms with Crippen LogP contribution >= 0.6 is 0 Å². The first-order chi connectivity index (χ1) is 11.2. The van der Waals surface area contributed by atoms with Gasteiger partial charge in [0.2, 0.25) is 5.43 Å². The van der Waals surface area contributed by atoms with Gasteiger partial charge in [0.15, 0.2) is 5.75 Å². The Morgan fingerprint density at radius 3 is 2.74 bits per heavy atom. The number of piperidine rings is 1. The zero-order chi connectivity index (χ0) is 16.1. The Balaban J connectivity index is 1.68. The van der Waals surface area contributed by atoms with Gasteiger partial charge in [-0.05, 0) is 32.4 Å². The number of hydrogen-bond donors (Lipinski definition) is 1. The maximum atomic E-state index is 11.8. The highest BCUT2D eigenvalue weighted by atomic mass is 16.3. The number of aryl methyl sites for hydroxylation is 2. The van der Waals surface area contributed by atoms with E-state index in [0.717, 1.165) is 44.8 Å². The van der Waals surface area contributed by atoms with Crippen LogP contribution in [0.2, 0.25) is 0 Å². The Morgan fingerprint density at radius 1 is 1.17 bits per heavy atom. The molecule has 6 nitrogen and oxygen atoms in total. The maximum absolute atomic E-state index is 11.8. The average molecular weight is 316 g/mol. The molecule has 0 aromatic carbocycles. The molecule has 0 spiro atoms. The van der Waals surface area contributed by atoms with Crippen molar-refractivity contribution in [2.24, 2.45) is 0 Å². The Kier molecular flexibility index (Phi) is 5.12. The summed E-state index contributed by atoms with van der Waals surface area (Å²) in [6, 6.07) is 1.58. The van der Waals surface area contributed by atoms with E-state index in [1.807, 2.05) is 15.3 Å². The lowest BCUT2D eigenvalue weighted by molar-refractivity contribution is 0.214. The second-order valence-electron chi connectivity index (χ2n) is 6.20. The van der Waals surface area contributed by atoms with E-state index in [0.29, 0.717) is 0 Å². The summed E-state index contributed by atoms with van der Waals surface area (Å²) in [7, 11) is 0. The van der Waals surface area contributed by atoms with E-state index in [1.54, 1.807) is 24.8 Å². The SMILES string of the molecule is O=c1cc(CN2CCCCC2)n(CCCn2ccnc2)cc1O. The molecule has 1 aliphatic heterocycles. The average Bonchev–Trinajstić information content (AvgIpc) is 3.06. The standard InChI is InChI=1S/C17H24N4O2/c22-16-11-15(12-19-6-2-1-3-7-19)21(13-17(16)23)9-4-8-20-10-5-18-14-20/h5,10-11,13-14,23H,1-4,6-9,12H2. The quantitative estimate of drug-likeness (QED) is 0.883. The molecule has 3 heterocycles. The molecule has 3 rings (SSSR count). The van der Waals surface area contributed by atoms with Gasteiger partial charge >= 0.3 is 0 Å². The summed E-state index contributed by atoms with van der Waals surface area (Å²) < 4.78 is 4.05. The zero-order valence-electron chi connectivity index (χ0n) is 13.4. The van der Waals surface area contributed by atoms with E-state index < -0.39 is 0 Å². The summed E-state index contributed by atoms with van der Waals surface area (Å²) in [5.74, 6) is -0.171. The molecule has 0 radical (unpaired) electrons. The molecular weight excluding hydrogens is 292 g/mol. The van der Waals surface area contributed by atoms with Crippen LogP contribution in [0.15, 0.2) is 35.8 Å². The first kappa shape index (κ1) is 15.8. The molecule has 1 saturated heterocycles. The van der Waals surface area contributed by atoms with Gasteiger partial charge in [-0.15, -0.1) is 0 Å². The first-order valence-electron chi connectivity index (χ1n) is 8.33. The van der Waals surface area contributed by atoms with Crippen LogP contribution in [0.4, 0.5) is 0 Å². The van der Waals surface area contributed by atoms with Crippen molar-refractivity contribution in [1.29, 1.82) is 0 Å². The van der Waals surface area contributed by atoms with Gasteiger partial charge in [0.25, 0.3) is 0 Å². The fourth-order valence-corrected chi connectivity index (χ4v) is 3.14. The van der Waals surface area contributed by atoms with Gasteiger partial charge in [-0.25, -0.2) is 4.98 Å². The molecule has 0 unspecified atom stereocenters. The van der Waals surface area contributed by atoms with E-state index in [9.17, 15) is 9.90 Å².